The number of carbonyl (C=O) groups is 4. The third-order valence-electron chi connectivity index (χ3n) is 3.34. The lowest BCUT2D eigenvalue weighted by atomic mass is 10.1. The molecule has 0 amide bonds. The zero-order valence-corrected chi connectivity index (χ0v) is 12.4. The van der Waals surface area contributed by atoms with E-state index in [1.165, 1.54) is 36.5 Å². The molecule has 0 heterocycles. The minimum atomic E-state index is -0.278. The molecule has 0 fully saturated rings. The van der Waals surface area contributed by atoms with Gasteiger partial charge in [-0.3, -0.25) is 19.2 Å². The third-order valence-corrected chi connectivity index (χ3v) is 3.34. The van der Waals surface area contributed by atoms with Crippen LogP contribution in [0.3, 0.4) is 0 Å². The second kappa shape index (κ2) is 6.29. The summed E-state index contributed by atoms with van der Waals surface area (Å²) in [5, 5.41) is 5.75. The monoisotopic (exact) mass is 320 g/mol. The predicted molar refractivity (Wildman–Crippen MR) is 88.2 cm³/mol. The molecule has 0 aromatic heterocycles. The number of rotatable bonds is 4. The van der Waals surface area contributed by atoms with Gasteiger partial charge in [-0.05, 0) is 48.6 Å². The molecule has 1 aromatic carbocycles. The Morgan fingerprint density at radius 3 is 1.29 bits per heavy atom. The summed E-state index contributed by atoms with van der Waals surface area (Å²) in [6.45, 7) is 0. The van der Waals surface area contributed by atoms with Gasteiger partial charge in [-0.15, -0.1) is 0 Å². The second-order valence-corrected chi connectivity index (χ2v) is 5.14. The van der Waals surface area contributed by atoms with E-state index in [9.17, 15) is 19.2 Å². The van der Waals surface area contributed by atoms with Gasteiger partial charge >= 0.3 is 0 Å². The highest BCUT2D eigenvalue weighted by Crippen LogP contribution is 2.19. The van der Waals surface area contributed by atoms with E-state index in [1.54, 1.807) is 24.3 Å². The lowest BCUT2D eigenvalue weighted by Gasteiger charge is -2.13. The van der Waals surface area contributed by atoms with Gasteiger partial charge in [0.05, 0.1) is 11.4 Å². The Hall–Kier alpha value is -3.54. The maximum atomic E-state index is 11.7. The Balaban J connectivity index is 1.70. The van der Waals surface area contributed by atoms with E-state index in [2.05, 4.69) is 10.6 Å². The summed E-state index contributed by atoms with van der Waals surface area (Å²) in [4.78, 5) is 46.0. The molecular weight excluding hydrogens is 308 g/mol. The molecule has 6 heteroatoms. The minimum Gasteiger partial charge on any atom is -0.352 e. The number of ketones is 4. The summed E-state index contributed by atoms with van der Waals surface area (Å²) >= 11 is 0. The highest BCUT2D eigenvalue weighted by molar-refractivity contribution is 6.19. The smallest absolute Gasteiger partial charge is 0.202 e. The van der Waals surface area contributed by atoms with Crippen LogP contribution in [0.15, 0.2) is 72.1 Å². The van der Waals surface area contributed by atoms with Crippen molar-refractivity contribution in [2.75, 3.05) is 10.6 Å². The molecule has 0 spiro atoms. The number of allylic oxidation sites excluding steroid dienone is 6. The van der Waals surface area contributed by atoms with Gasteiger partial charge in [0.1, 0.15) is 0 Å². The maximum Gasteiger partial charge on any atom is 0.202 e. The van der Waals surface area contributed by atoms with Gasteiger partial charge in [-0.2, -0.15) is 0 Å². The lowest BCUT2D eigenvalue weighted by molar-refractivity contribution is -0.114. The zero-order chi connectivity index (χ0) is 17.1. The first-order valence-corrected chi connectivity index (χ1v) is 7.11. The van der Waals surface area contributed by atoms with E-state index >= 15 is 0 Å². The molecular formula is C18H12N2O4. The number of hydrogen-bond acceptors (Lipinski definition) is 6. The average molecular weight is 320 g/mol. The number of benzene rings is 1. The van der Waals surface area contributed by atoms with Gasteiger partial charge in [0.25, 0.3) is 0 Å². The molecule has 0 saturated carbocycles. The third kappa shape index (κ3) is 3.44. The number of anilines is 2. The summed E-state index contributed by atoms with van der Waals surface area (Å²) < 4.78 is 0. The van der Waals surface area contributed by atoms with Gasteiger partial charge in [0.2, 0.25) is 11.6 Å². The number of nitrogens with one attached hydrogen (secondary N) is 2. The molecule has 2 N–H and O–H groups in total. The van der Waals surface area contributed by atoms with Gasteiger partial charge in [-0.1, -0.05) is 0 Å². The summed E-state index contributed by atoms with van der Waals surface area (Å²) in [7, 11) is 0. The van der Waals surface area contributed by atoms with Crippen molar-refractivity contribution >= 4 is 34.5 Å². The molecule has 0 radical (unpaired) electrons. The van der Waals surface area contributed by atoms with E-state index in [4.69, 9.17) is 0 Å². The molecule has 6 nitrogen and oxygen atoms in total. The van der Waals surface area contributed by atoms with E-state index in [0.29, 0.717) is 11.4 Å². The fourth-order valence-electron chi connectivity index (χ4n) is 2.16. The SMILES string of the molecule is O=C1C=CC(=O)C(Nc2ccc(NC3=CC(=O)C=CC3=O)cc2)=C1. The van der Waals surface area contributed by atoms with Crippen molar-refractivity contribution in [3.05, 3.63) is 72.1 Å². The molecule has 0 saturated heterocycles. The molecule has 2 aliphatic carbocycles. The van der Waals surface area contributed by atoms with Crippen LogP contribution in [0.5, 0.6) is 0 Å². The van der Waals surface area contributed by atoms with Crippen LogP contribution < -0.4 is 10.6 Å². The van der Waals surface area contributed by atoms with Crippen LogP contribution in [0.4, 0.5) is 11.4 Å². The molecule has 0 unspecified atom stereocenters. The van der Waals surface area contributed by atoms with Crippen molar-refractivity contribution in [2.45, 2.75) is 0 Å². The molecule has 24 heavy (non-hydrogen) atoms. The average Bonchev–Trinajstić information content (AvgIpc) is 2.56. The van der Waals surface area contributed by atoms with E-state index in [0.717, 1.165) is 0 Å². The largest absolute Gasteiger partial charge is 0.352 e. The highest BCUT2D eigenvalue weighted by Gasteiger charge is 2.14. The van der Waals surface area contributed by atoms with E-state index < -0.39 is 0 Å². The van der Waals surface area contributed by atoms with Crippen LogP contribution in [-0.4, -0.2) is 23.1 Å². The summed E-state index contributed by atoms with van der Waals surface area (Å²) in [5.41, 5.74) is 1.62. The molecule has 0 atom stereocenters. The van der Waals surface area contributed by atoms with Crippen molar-refractivity contribution in [3.8, 4) is 0 Å². The quantitative estimate of drug-likeness (QED) is 0.820. The second-order valence-electron chi connectivity index (χ2n) is 5.14. The van der Waals surface area contributed by atoms with Crippen molar-refractivity contribution < 1.29 is 19.2 Å². The molecule has 0 bridgehead atoms. The van der Waals surface area contributed by atoms with Crippen LogP contribution >= 0.6 is 0 Å². The molecule has 1 aromatic rings. The van der Waals surface area contributed by atoms with Crippen molar-refractivity contribution in [2.24, 2.45) is 0 Å². The van der Waals surface area contributed by atoms with E-state index in [-0.39, 0.29) is 34.5 Å². The Bertz CT molecular complexity index is 798. The van der Waals surface area contributed by atoms with Crippen LogP contribution in [0.25, 0.3) is 0 Å². The maximum absolute atomic E-state index is 11.7. The van der Waals surface area contributed by atoms with Crippen LogP contribution in [-0.2, 0) is 19.2 Å². The van der Waals surface area contributed by atoms with Crippen molar-refractivity contribution in [1.82, 2.24) is 0 Å². The predicted octanol–water partition coefficient (Wildman–Crippen LogP) is 1.69. The van der Waals surface area contributed by atoms with Crippen LogP contribution in [0.2, 0.25) is 0 Å². The van der Waals surface area contributed by atoms with Crippen LogP contribution in [0, 0.1) is 0 Å². The van der Waals surface area contributed by atoms with Gasteiger partial charge in [0, 0.05) is 23.5 Å². The van der Waals surface area contributed by atoms with Crippen molar-refractivity contribution in [3.63, 3.8) is 0 Å². The number of carbonyl (C=O) groups excluding carboxylic acids is 4. The first-order valence-electron chi connectivity index (χ1n) is 7.11. The van der Waals surface area contributed by atoms with Gasteiger partial charge in [-0.25, -0.2) is 0 Å². The van der Waals surface area contributed by atoms with Gasteiger partial charge < -0.3 is 10.6 Å². The normalized spacial score (nSPS) is 16.8. The molecule has 2 aliphatic rings. The topological polar surface area (TPSA) is 92.3 Å². The fraction of sp³-hybridized carbons (Fsp3) is 0. The highest BCUT2D eigenvalue weighted by atomic mass is 16.1. The summed E-state index contributed by atoms with van der Waals surface area (Å²) in [6, 6.07) is 6.74. The Morgan fingerprint density at radius 1 is 0.542 bits per heavy atom. The first kappa shape index (κ1) is 15.4. The standard InChI is InChI=1S/C18H12N2O4/c21-13-5-7-17(23)15(9-13)19-11-1-2-12(4-3-11)20-16-10-14(22)6-8-18(16)24/h1-10,19-20H. The minimum absolute atomic E-state index is 0.198. The van der Waals surface area contributed by atoms with E-state index in [1.807, 2.05) is 0 Å². The van der Waals surface area contributed by atoms with Crippen LogP contribution in [0.1, 0.15) is 0 Å². The summed E-state index contributed by atoms with van der Waals surface area (Å²) in [6.07, 6.45) is 7.32. The Morgan fingerprint density at radius 2 is 0.917 bits per heavy atom. The first-order chi connectivity index (χ1) is 11.5. The molecule has 0 aliphatic heterocycles. The fourth-order valence-corrected chi connectivity index (χ4v) is 2.16. The molecule has 118 valence electrons. The zero-order valence-electron chi connectivity index (χ0n) is 12.4. The summed E-state index contributed by atoms with van der Waals surface area (Å²) in [5.74, 6) is -1.06. The Labute approximate surface area is 137 Å². The molecule has 3 rings (SSSR count). The Kier molecular flexibility index (Phi) is 4.03. The van der Waals surface area contributed by atoms with Gasteiger partial charge in [0.15, 0.2) is 11.6 Å². The lowest BCUT2D eigenvalue weighted by Crippen LogP contribution is -2.15. The van der Waals surface area contributed by atoms with Crippen molar-refractivity contribution in [1.29, 1.82) is 0 Å². The number of hydrogen-bond donors (Lipinski definition) is 2.